The van der Waals surface area contributed by atoms with E-state index in [4.69, 9.17) is 4.74 Å². The van der Waals surface area contributed by atoms with Crippen molar-refractivity contribution in [3.05, 3.63) is 83.9 Å². The Kier molecular flexibility index (Phi) is 6.72. The minimum atomic E-state index is -0.377. The summed E-state index contributed by atoms with van der Waals surface area (Å²) < 4.78 is 5.41. The predicted octanol–water partition coefficient (Wildman–Crippen LogP) is 2.56. The number of carbonyl (C=O) groups excluding carboxylic acids is 1. The quantitative estimate of drug-likeness (QED) is 0.478. The van der Waals surface area contributed by atoms with Crippen LogP contribution in [0.2, 0.25) is 0 Å². The number of hydrogen-bond acceptors (Lipinski definition) is 7. The van der Waals surface area contributed by atoms with Crippen LogP contribution in [-0.4, -0.2) is 62.0 Å². The monoisotopic (exact) mass is 430 g/mol. The Labute approximate surface area is 187 Å². The molecule has 164 valence electrons. The molecule has 1 fully saturated rings. The maximum absolute atomic E-state index is 12.9. The largest absolute Gasteiger partial charge is 0.378 e. The molecule has 8 nitrogen and oxygen atoms in total. The fourth-order valence-electron chi connectivity index (χ4n) is 3.42. The second-order valence-electron chi connectivity index (χ2n) is 7.56. The van der Waals surface area contributed by atoms with Gasteiger partial charge in [-0.1, -0.05) is 30.3 Å². The number of aromatic nitrogens is 2. The van der Waals surface area contributed by atoms with E-state index in [0.717, 1.165) is 30.0 Å². The summed E-state index contributed by atoms with van der Waals surface area (Å²) in [6, 6.07) is 17.2. The number of pyridine rings is 2. The van der Waals surface area contributed by atoms with Gasteiger partial charge in [0.1, 0.15) is 11.4 Å². The molecule has 0 unspecified atom stereocenters. The molecular weight excluding hydrogens is 404 g/mol. The highest BCUT2D eigenvalue weighted by atomic mass is 16.5. The van der Waals surface area contributed by atoms with Gasteiger partial charge in [-0.15, -0.1) is 0 Å². The van der Waals surface area contributed by atoms with Gasteiger partial charge < -0.3 is 14.5 Å². The predicted molar refractivity (Wildman–Crippen MR) is 125 cm³/mol. The van der Waals surface area contributed by atoms with Crippen molar-refractivity contribution in [2.24, 2.45) is 5.10 Å². The second kappa shape index (κ2) is 10.0. The van der Waals surface area contributed by atoms with Crippen LogP contribution in [0.5, 0.6) is 0 Å². The van der Waals surface area contributed by atoms with Gasteiger partial charge in [-0.25, -0.2) is 5.43 Å². The van der Waals surface area contributed by atoms with Gasteiger partial charge >= 0.3 is 0 Å². The average molecular weight is 431 g/mol. The molecule has 0 radical (unpaired) electrons. The normalized spacial score (nSPS) is 14.2. The summed E-state index contributed by atoms with van der Waals surface area (Å²) in [7, 11) is 3.93. The van der Waals surface area contributed by atoms with Crippen LogP contribution in [0.1, 0.15) is 21.7 Å². The van der Waals surface area contributed by atoms with Gasteiger partial charge in [0.05, 0.1) is 18.9 Å². The maximum atomic E-state index is 12.9. The molecule has 3 aromatic rings. The van der Waals surface area contributed by atoms with Crippen LogP contribution in [0.25, 0.3) is 0 Å². The number of ether oxygens (including phenoxy) is 1. The zero-order chi connectivity index (χ0) is 22.3. The van der Waals surface area contributed by atoms with E-state index in [9.17, 15) is 4.79 Å². The van der Waals surface area contributed by atoms with E-state index in [-0.39, 0.29) is 5.91 Å². The number of anilines is 2. The van der Waals surface area contributed by atoms with E-state index < -0.39 is 0 Å². The molecular formula is C24H26N6O2. The summed E-state index contributed by atoms with van der Waals surface area (Å²) in [4.78, 5) is 25.8. The molecule has 2 aromatic heterocycles. The van der Waals surface area contributed by atoms with E-state index >= 15 is 0 Å². The topological polar surface area (TPSA) is 83.0 Å². The zero-order valence-corrected chi connectivity index (χ0v) is 18.2. The Balaban J connectivity index is 1.60. The summed E-state index contributed by atoms with van der Waals surface area (Å²) in [5.41, 5.74) is 7.00. The summed E-state index contributed by atoms with van der Waals surface area (Å²) >= 11 is 0. The summed E-state index contributed by atoms with van der Waals surface area (Å²) in [6.07, 6.45) is 3.38. The van der Waals surface area contributed by atoms with Gasteiger partial charge in [0, 0.05) is 56.5 Å². The van der Waals surface area contributed by atoms with Crippen molar-refractivity contribution in [1.82, 2.24) is 15.4 Å². The first-order chi connectivity index (χ1) is 15.6. The number of benzene rings is 1. The van der Waals surface area contributed by atoms with Crippen LogP contribution in [0.4, 0.5) is 11.4 Å². The minimum absolute atomic E-state index is 0.306. The van der Waals surface area contributed by atoms with E-state index in [1.54, 1.807) is 18.5 Å². The van der Waals surface area contributed by atoms with Crippen molar-refractivity contribution in [3.63, 3.8) is 0 Å². The molecule has 8 heteroatoms. The fraction of sp³-hybridized carbons (Fsp3) is 0.250. The molecule has 0 bridgehead atoms. The lowest BCUT2D eigenvalue weighted by atomic mass is 10.1. The zero-order valence-electron chi connectivity index (χ0n) is 18.2. The van der Waals surface area contributed by atoms with Crippen LogP contribution < -0.4 is 15.2 Å². The molecule has 0 spiro atoms. The lowest BCUT2D eigenvalue weighted by Crippen LogP contribution is -2.36. The number of nitrogens with zero attached hydrogens (tertiary/aromatic N) is 5. The number of hydrazone groups is 1. The molecule has 0 aliphatic carbocycles. The Morgan fingerprint density at radius 1 is 1.00 bits per heavy atom. The van der Waals surface area contributed by atoms with Crippen LogP contribution in [0.3, 0.4) is 0 Å². The van der Waals surface area contributed by atoms with Crippen molar-refractivity contribution in [3.8, 4) is 0 Å². The Morgan fingerprint density at radius 3 is 2.47 bits per heavy atom. The molecule has 1 N–H and O–H groups in total. The van der Waals surface area contributed by atoms with Gasteiger partial charge in [-0.3, -0.25) is 14.8 Å². The molecule has 0 saturated carbocycles. The smallest absolute Gasteiger partial charge is 0.290 e. The SMILES string of the molecule is CN(C)c1ccnc(C(=NNC(=O)c2cc(N3CCOCC3)ccn2)c2ccccc2)c1. The first-order valence-electron chi connectivity index (χ1n) is 10.5. The third-order valence-corrected chi connectivity index (χ3v) is 5.17. The number of carbonyl (C=O) groups is 1. The number of nitrogens with one attached hydrogen (secondary N) is 1. The van der Waals surface area contributed by atoms with Crippen LogP contribution >= 0.6 is 0 Å². The van der Waals surface area contributed by atoms with Gasteiger partial charge in [-0.2, -0.15) is 5.10 Å². The molecule has 3 heterocycles. The Hall–Kier alpha value is -3.78. The van der Waals surface area contributed by atoms with Crippen molar-refractivity contribution in [1.29, 1.82) is 0 Å². The van der Waals surface area contributed by atoms with Gasteiger partial charge in [0.2, 0.25) is 0 Å². The van der Waals surface area contributed by atoms with Crippen molar-refractivity contribution in [2.75, 3.05) is 50.2 Å². The fourth-order valence-corrected chi connectivity index (χ4v) is 3.42. The molecule has 4 rings (SSSR count). The molecule has 32 heavy (non-hydrogen) atoms. The number of rotatable bonds is 6. The van der Waals surface area contributed by atoms with Crippen molar-refractivity contribution in [2.45, 2.75) is 0 Å². The first kappa shape index (κ1) is 21.5. The van der Waals surface area contributed by atoms with E-state index in [1.165, 1.54) is 0 Å². The summed E-state index contributed by atoms with van der Waals surface area (Å²) in [5, 5.41) is 4.45. The highest BCUT2D eigenvalue weighted by Crippen LogP contribution is 2.17. The van der Waals surface area contributed by atoms with Crippen LogP contribution in [0.15, 0.2) is 72.1 Å². The number of morpholine rings is 1. The Morgan fingerprint density at radius 2 is 1.72 bits per heavy atom. The molecule has 1 aliphatic heterocycles. The highest BCUT2D eigenvalue weighted by Gasteiger charge is 2.15. The van der Waals surface area contributed by atoms with E-state index in [1.807, 2.05) is 67.5 Å². The molecule has 1 saturated heterocycles. The van der Waals surface area contributed by atoms with Crippen molar-refractivity contribution < 1.29 is 9.53 Å². The lowest BCUT2D eigenvalue weighted by molar-refractivity contribution is 0.0950. The third kappa shape index (κ3) is 5.09. The van der Waals surface area contributed by atoms with E-state index in [2.05, 4.69) is 25.4 Å². The highest BCUT2D eigenvalue weighted by molar-refractivity contribution is 6.12. The molecule has 0 atom stereocenters. The lowest BCUT2D eigenvalue weighted by Gasteiger charge is -2.28. The Bertz CT molecular complexity index is 1090. The van der Waals surface area contributed by atoms with Crippen LogP contribution in [-0.2, 0) is 4.74 Å². The van der Waals surface area contributed by atoms with Crippen molar-refractivity contribution >= 4 is 23.0 Å². The molecule has 1 aromatic carbocycles. The summed E-state index contributed by atoms with van der Waals surface area (Å²) in [5.74, 6) is -0.377. The summed E-state index contributed by atoms with van der Waals surface area (Å²) in [6.45, 7) is 2.92. The third-order valence-electron chi connectivity index (χ3n) is 5.17. The molecule has 1 amide bonds. The maximum Gasteiger partial charge on any atom is 0.290 e. The van der Waals surface area contributed by atoms with Gasteiger partial charge in [0.25, 0.3) is 5.91 Å². The first-order valence-corrected chi connectivity index (χ1v) is 10.5. The van der Waals surface area contributed by atoms with Gasteiger partial charge in [0.15, 0.2) is 0 Å². The van der Waals surface area contributed by atoms with E-state index in [0.29, 0.717) is 30.3 Å². The van der Waals surface area contributed by atoms with Gasteiger partial charge in [-0.05, 0) is 24.3 Å². The minimum Gasteiger partial charge on any atom is -0.378 e. The number of amides is 1. The molecule has 1 aliphatic rings. The second-order valence-corrected chi connectivity index (χ2v) is 7.56. The number of hydrogen-bond donors (Lipinski definition) is 1. The standard InChI is InChI=1S/C24H26N6O2/c1-29(2)19-8-10-25-21(16-19)23(18-6-4-3-5-7-18)27-28-24(31)22-17-20(9-11-26-22)30-12-14-32-15-13-30/h3-11,16-17H,12-15H2,1-2H3,(H,28,31). The average Bonchev–Trinajstić information content (AvgIpc) is 2.85. The van der Waals surface area contributed by atoms with Crippen LogP contribution in [0, 0.1) is 0 Å².